The Morgan fingerprint density at radius 1 is 1.45 bits per heavy atom. The predicted octanol–water partition coefficient (Wildman–Crippen LogP) is 1.17. The van der Waals surface area contributed by atoms with E-state index in [9.17, 15) is 9.59 Å². The first-order valence-electron chi connectivity index (χ1n) is 5.78. The Labute approximate surface area is 118 Å². The number of nitrogens with one attached hydrogen (secondary N) is 2. The number of nitrogens with zero attached hydrogens (tertiary/aromatic N) is 1. The number of aliphatic hydroxyl groups is 1. The first-order chi connectivity index (χ1) is 9.45. The van der Waals surface area contributed by atoms with Gasteiger partial charge in [-0.15, -0.1) is 0 Å². The summed E-state index contributed by atoms with van der Waals surface area (Å²) in [5.41, 5.74) is 1.88. The zero-order chi connectivity index (χ0) is 14.7. The Bertz CT molecular complexity index is 655. The molecule has 0 radical (unpaired) electrons. The Balaban J connectivity index is 1.97. The normalized spacial score (nSPS) is 12.1. The van der Waals surface area contributed by atoms with Gasteiger partial charge >= 0.3 is 12.0 Å². The van der Waals surface area contributed by atoms with E-state index in [0.29, 0.717) is 5.13 Å². The lowest BCUT2D eigenvalue weighted by molar-refractivity contribution is -0.146. The number of carboxylic acid groups (broad SMARTS) is 1. The number of anilines is 1. The molecule has 2 rings (SSSR count). The molecule has 0 saturated heterocycles. The van der Waals surface area contributed by atoms with Crippen molar-refractivity contribution in [1.29, 1.82) is 0 Å². The first-order valence-corrected chi connectivity index (χ1v) is 6.60. The minimum absolute atomic E-state index is 0.370. The molecular weight excluding hydrogens is 282 g/mol. The van der Waals surface area contributed by atoms with E-state index in [2.05, 4.69) is 15.6 Å². The molecule has 2 aromatic rings. The number of aromatic nitrogens is 1. The molecule has 20 heavy (non-hydrogen) atoms. The maximum atomic E-state index is 11.5. The number of aryl methyl sites for hydroxylation is 1. The number of rotatable bonds is 4. The summed E-state index contributed by atoms with van der Waals surface area (Å²) < 4.78 is 0.950. The molecule has 8 heteroatoms. The summed E-state index contributed by atoms with van der Waals surface area (Å²) in [6, 6.07) is 5.14. The number of carbonyl (C=O) groups is 2. The smallest absolute Gasteiger partial charge is 0.334 e. The highest BCUT2D eigenvalue weighted by molar-refractivity contribution is 7.22. The lowest BCUT2D eigenvalue weighted by Gasteiger charge is -2.07. The number of carbonyl (C=O) groups excluding carboxylic acids is 1. The molecule has 0 spiro atoms. The number of benzene rings is 1. The van der Waals surface area contributed by atoms with Gasteiger partial charge in [-0.3, -0.25) is 5.32 Å². The third-order valence-corrected chi connectivity index (χ3v) is 3.44. The van der Waals surface area contributed by atoms with Gasteiger partial charge in [0.05, 0.1) is 16.8 Å². The van der Waals surface area contributed by atoms with Crippen molar-refractivity contribution in [3.8, 4) is 0 Å². The molecule has 0 fully saturated rings. The third-order valence-electron chi connectivity index (χ3n) is 2.51. The highest BCUT2D eigenvalue weighted by Crippen LogP contribution is 2.26. The Morgan fingerprint density at radius 2 is 2.20 bits per heavy atom. The molecule has 0 aliphatic rings. The van der Waals surface area contributed by atoms with Crippen molar-refractivity contribution in [2.24, 2.45) is 0 Å². The number of fused-ring (bicyclic) bond motifs is 1. The fourth-order valence-corrected chi connectivity index (χ4v) is 2.46. The van der Waals surface area contributed by atoms with Crippen LogP contribution in [-0.2, 0) is 4.79 Å². The monoisotopic (exact) mass is 295 g/mol. The Kier molecular flexibility index (Phi) is 4.16. The van der Waals surface area contributed by atoms with Gasteiger partial charge < -0.3 is 15.5 Å². The van der Waals surface area contributed by atoms with Crippen molar-refractivity contribution >= 4 is 38.7 Å². The average molecular weight is 295 g/mol. The van der Waals surface area contributed by atoms with Crippen molar-refractivity contribution < 1.29 is 19.8 Å². The molecule has 2 amide bonds. The van der Waals surface area contributed by atoms with Gasteiger partial charge in [0.1, 0.15) is 0 Å². The SMILES string of the molecule is Cc1ccc2nc(NC(=O)NC[C@H](O)C(=O)O)sc2c1. The zero-order valence-corrected chi connectivity index (χ0v) is 11.4. The summed E-state index contributed by atoms with van der Waals surface area (Å²) in [4.78, 5) is 26.1. The van der Waals surface area contributed by atoms with Gasteiger partial charge in [-0.05, 0) is 24.6 Å². The van der Waals surface area contributed by atoms with Gasteiger partial charge in [0.2, 0.25) is 0 Å². The molecule has 0 aliphatic heterocycles. The Hall–Kier alpha value is -2.19. The van der Waals surface area contributed by atoms with Crippen LogP contribution in [0.5, 0.6) is 0 Å². The molecular formula is C12H13N3O4S. The van der Waals surface area contributed by atoms with Crippen LogP contribution in [0.4, 0.5) is 9.93 Å². The van der Waals surface area contributed by atoms with Crippen molar-refractivity contribution in [3.05, 3.63) is 23.8 Å². The van der Waals surface area contributed by atoms with Crippen LogP contribution in [0, 0.1) is 6.92 Å². The molecule has 0 aliphatic carbocycles. The number of urea groups is 1. The standard InChI is InChI=1S/C12H13N3O4S/c1-6-2-3-7-9(4-6)20-12(14-7)15-11(19)13-5-8(16)10(17)18/h2-4,8,16H,5H2,1H3,(H,17,18)(H2,13,14,15,19)/t8-/m0/s1. The molecule has 1 aromatic carbocycles. The molecule has 1 atom stereocenters. The minimum atomic E-state index is -1.63. The van der Waals surface area contributed by atoms with E-state index in [4.69, 9.17) is 10.2 Å². The zero-order valence-electron chi connectivity index (χ0n) is 10.6. The first kappa shape index (κ1) is 14.2. The van der Waals surface area contributed by atoms with Gasteiger partial charge in [-0.25, -0.2) is 14.6 Å². The number of hydrogen-bond donors (Lipinski definition) is 4. The number of aliphatic hydroxyl groups excluding tert-OH is 1. The van der Waals surface area contributed by atoms with Crippen molar-refractivity contribution in [2.75, 3.05) is 11.9 Å². The number of thiazole rings is 1. The Morgan fingerprint density at radius 3 is 2.90 bits per heavy atom. The second-order valence-corrected chi connectivity index (χ2v) is 5.21. The maximum Gasteiger partial charge on any atom is 0.334 e. The lowest BCUT2D eigenvalue weighted by Crippen LogP contribution is -2.38. The highest BCUT2D eigenvalue weighted by Gasteiger charge is 2.14. The van der Waals surface area contributed by atoms with E-state index in [0.717, 1.165) is 15.8 Å². The summed E-state index contributed by atoms with van der Waals surface area (Å²) in [7, 11) is 0. The van der Waals surface area contributed by atoms with Gasteiger partial charge in [0.15, 0.2) is 11.2 Å². The summed E-state index contributed by atoms with van der Waals surface area (Å²) >= 11 is 1.32. The lowest BCUT2D eigenvalue weighted by atomic mass is 10.2. The average Bonchev–Trinajstić information content (AvgIpc) is 2.76. The number of hydrogen-bond acceptors (Lipinski definition) is 5. The number of aliphatic carboxylic acids is 1. The van der Waals surface area contributed by atoms with Gasteiger partial charge in [0, 0.05) is 0 Å². The van der Waals surface area contributed by atoms with Gasteiger partial charge in [-0.2, -0.15) is 0 Å². The van der Waals surface area contributed by atoms with Gasteiger partial charge in [-0.1, -0.05) is 17.4 Å². The summed E-state index contributed by atoms with van der Waals surface area (Å²) in [5, 5.41) is 22.7. The van der Waals surface area contributed by atoms with Crippen LogP contribution >= 0.6 is 11.3 Å². The molecule has 1 heterocycles. The van der Waals surface area contributed by atoms with Crippen LogP contribution in [0.2, 0.25) is 0 Å². The molecule has 0 saturated carbocycles. The number of carboxylic acids is 1. The van der Waals surface area contributed by atoms with E-state index in [1.807, 2.05) is 25.1 Å². The fourth-order valence-electron chi connectivity index (χ4n) is 1.50. The molecule has 0 unspecified atom stereocenters. The van der Waals surface area contributed by atoms with Crippen molar-refractivity contribution in [3.63, 3.8) is 0 Å². The van der Waals surface area contributed by atoms with E-state index >= 15 is 0 Å². The van der Waals surface area contributed by atoms with Gasteiger partial charge in [0.25, 0.3) is 0 Å². The third kappa shape index (κ3) is 3.43. The second-order valence-electron chi connectivity index (χ2n) is 4.18. The maximum absolute atomic E-state index is 11.5. The molecule has 0 bridgehead atoms. The van der Waals surface area contributed by atoms with E-state index in [-0.39, 0.29) is 6.54 Å². The molecule has 106 valence electrons. The topological polar surface area (TPSA) is 112 Å². The van der Waals surface area contributed by atoms with Crippen LogP contribution < -0.4 is 10.6 Å². The fraction of sp³-hybridized carbons (Fsp3) is 0.250. The van der Waals surface area contributed by atoms with E-state index in [1.165, 1.54) is 11.3 Å². The van der Waals surface area contributed by atoms with Crippen LogP contribution in [0.15, 0.2) is 18.2 Å². The van der Waals surface area contributed by atoms with Crippen LogP contribution in [-0.4, -0.2) is 39.8 Å². The summed E-state index contributed by atoms with van der Waals surface area (Å²) in [5.74, 6) is -1.39. The molecule has 4 N–H and O–H groups in total. The summed E-state index contributed by atoms with van der Waals surface area (Å²) in [6.07, 6.45) is -1.63. The highest BCUT2D eigenvalue weighted by atomic mass is 32.1. The van der Waals surface area contributed by atoms with Crippen LogP contribution in [0.3, 0.4) is 0 Å². The quantitative estimate of drug-likeness (QED) is 0.676. The number of amides is 2. The van der Waals surface area contributed by atoms with E-state index < -0.39 is 18.1 Å². The minimum Gasteiger partial charge on any atom is -0.479 e. The van der Waals surface area contributed by atoms with Crippen molar-refractivity contribution in [2.45, 2.75) is 13.0 Å². The van der Waals surface area contributed by atoms with Crippen molar-refractivity contribution in [1.82, 2.24) is 10.3 Å². The van der Waals surface area contributed by atoms with Crippen LogP contribution in [0.25, 0.3) is 10.2 Å². The predicted molar refractivity (Wildman–Crippen MR) is 75.0 cm³/mol. The largest absolute Gasteiger partial charge is 0.479 e. The van der Waals surface area contributed by atoms with Crippen LogP contribution in [0.1, 0.15) is 5.56 Å². The second kappa shape index (κ2) is 5.85. The molecule has 1 aromatic heterocycles. The molecule has 7 nitrogen and oxygen atoms in total. The van der Waals surface area contributed by atoms with E-state index in [1.54, 1.807) is 0 Å². The summed E-state index contributed by atoms with van der Waals surface area (Å²) in [6.45, 7) is 1.59.